The number of anilines is 1. The van der Waals surface area contributed by atoms with Gasteiger partial charge in [-0.15, -0.1) is 0 Å². The molecule has 0 aromatic carbocycles. The Morgan fingerprint density at radius 2 is 2.28 bits per heavy atom. The first-order valence-electron chi connectivity index (χ1n) is 6.72. The summed E-state index contributed by atoms with van der Waals surface area (Å²) in [6, 6.07) is 5.22. The molecule has 1 amide bonds. The highest BCUT2D eigenvalue weighted by Crippen LogP contribution is 2.21. The predicted molar refractivity (Wildman–Crippen MR) is 72.2 cm³/mol. The van der Waals surface area contributed by atoms with Crippen LogP contribution in [0.5, 0.6) is 0 Å². The second-order valence-electron chi connectivity index (χ2n) is 4.95. The maximum atomic E-state index is 12.3. The van der Waals surface area contributed by atoms with Crippen LogP contribution in [0.4, 0.5) is 5.82 Å². The van der Waals surface area contributed by atoms with Crippen molar-refractivity contribution in [2.24, 2.45) is 5.92 Å². The Morgan fingerprint density at radius 3 is 3.00 bits per heavy atom. The average molecular weight is 247 g/mol. The standard InChI is InChI=1S/C14H21N3O/c1-2-11-5-4-9-17(10-8-11)14(18)12-6-3-7-13(15)16-12/h3,6-7,11H,2,4-5,8-10H2,1H3,(H2,15,16). The van der Waals surface area contributed by atoms with Gasteiger partial charge in [0.1, 0.15) is 11.5 Å². The van der Waals surface area contributed by atoms with Crippen LogP contribution in [0.25, 0.3) is 0 Å². The van der Waals surface area contributed by atoms with Gasteiger partial charge in [0.05, 0.1) is 0 Å². The first-order chi connectivity index (χ1) is 8.70. The number of carbonyl (C=O) groups excluding carboxylic acids is 1. The molecule has 18 heavy (non-hydrogen) atoms. The lowest BCUT2D eigenvalue weighted by Crippen LogP contribution is -2.32. The van der Waals surface area contributed by atoms with Crippen molar-refractivity contribution < 1.29 is 4.79 Å². The third kappa shape index (κ3) is 3.00. The summed E-state index contributed by atoms with van der Waals surface area (Å²) in [6.07, 6.45) is 4.63. The molecule has 4 heteroatoms. The summed E-state index contributed by atoms with van der Waals surface area (Å²) < 4.78 is 0. The number of likely N-dealkylation sites (tertiary alicyclic amines) is 1. The molecule has 2 heterocycles. The van der Waals surface area contributed by atoms with Crippen LogP contribution in [-0.2, 0) is 0 Å². The minimum Gasteiger partial charge on any atom is -0.384 e. The van der Waals surface area contributed by atoms with Gasteiger partial charge in [0.25, 0.3) is 5.91 Å². The number of hydrogen-bond acceptors (Lipinski definition) is 3. The van der Waals surface area contributed by atoms with Crippen LogP contribution in [0.2, 0.25) is 0 Å². The Morgan fingerprint density at radius 1 is 1.44 bits per heavy atom. The lowest BCUT2D eigenvalue weighted by atomic mass is 9.98. The van der Waals surface area contributed by atoms with Crippen LogP contribution in [0.1, 0.15) is 43.1 Å². The number of nitrogen functional groups attached to an aromatic ring is 1. The zero-order valence-electron chi connectivity index (χ0n) is 10.9. The SMILES string of the molecule is CCC1CCCN(C(=O)c2cccc(N)n2)CC1. The summed E-state index contributed by atoms with van der Waals surface area (Å²) in [4.78, 5) is 18.3. The van der Waals surface area contributed by atoms with E-state index in [1.54, 1.807) is 18.2 Å². The van der Waals surface area contributed by atoms with Gasteiger partial charge in [0, 0.05) is 13.1 Å². The first-order valence-corrected chi connectivity index (χ1v) is 6.72. The van der Waals surface area contributed by atoms with Gasteiger partial charge in [-0.3, -0.25) is 4.79 Å². The van der Waals surface area contributed by atoms with Crippen LogP contribution < -0.4 is 5.73 Å². The number of rotatable bonds is 2. The molecule has 1 saturated heterocycles. The molecule has 4 nitrogen and oxygen atoms in total. The second-order valence-corrected chi connectivity index (χ2v) is 4.95. The van der Waals surface area contributed by atoms with Crippen molar-refractivity contribution >= 4 is 11.7 Å². The fourth-order valence-corrected chi connectivity index (χ4v) is 2.51. The van der Waals surface area contributed by atoms with Crippen molar-refractivity contribution in [3.8, 4) is 0 Å². The highest BCUT2D eigenvalue weighted by molar-refractivity contribution is 5.92. The lowest BCUT2D eigenvalue weighted by Gasteiger charge is -2.20. The number of amides is 1. The van der Waals surface area contributed by atoms with E-state index in [4.69, 9.17) is 5.73 Å². The topological polar surface area (TPSA) is 59.2 Å². The van der Waals surface area contributed by atoms with Gasteiger partial charge in [-0.2, -0.15) is 0 Å². The van der Waals surface area contributed by atoms with Gasteiger partial charge >= 0.3 is 0 Å². The molecule has 0 saturated carbocycles. The minimum absolute atomic E-state index is 0.0130. The largest absolute Gasteiger partial charge is 0.384 e. The van der Waals surface area contributed by atoms with E-state index >= 15 is 0 Å². The summed E-state index contributed by atoms with van der Waals surface area (Å²) in [5.74, 6) is 1.18. The Labute approximate surface area is 108 Å². The molecule has 1 aliphatic rings. The molecule has 1 aliphatic heterocycles. The number of hydrogen-bond donors (Lipinski definition) is 1. The monoisotopic (exact) mass is 247 g/mol. The van der Waals surface area contributed by atoms with Crippen molar-refractivity contribution in [1.29, 1.82) is 0 Å². The summed E-state index contributed by atoms with van der Waals surface area (Å²) in [7, 11) is 0. The Balaban J connectivity index is 2.05. The van der Waals surface area contributed by atoms with Crippen molar-refractivity contribution in [2.45, 2.75) is 32.6 Å². The van der Waals surface area contributed by atoms with Gasteiger partial charge in [0.15, 0.2) is 0 Å². The smallest absolute Gasteiger partial charge is 0.272 e. The number of pyridine rings is 1. The van der Waals surface area contributed by atoms with E-state index in [1.807, 2.05) is 4.90 Å². The molecule has 98 valence electrons. The zero-order valence-corrected chi connectivity index (χ0v) is 10.9. The van der Waals surface area contributed by atoms with Crippen molar-refractivity contribution in [1.82, 2.24) is 9.88 Å². The maximum absolute atomic E-state index is 12.3. The molecule has 1 aromatic rings. The van der Waals surface area contributed by atoms with Gasteiger partial charge in [0.2, 0.25) is 0 Å². The van der Waals surface area contributed by atoms with E-state index in [0.717, 1.165) is 31.8 Å². The molecular weight excluding hydrogens is 226 g/mol. The van der Waals surface area contributed by atoms with Crippen LogP contribution in [0.3, 0.4) is 0 Å². The lowest BCUT2D eigenvalue weighted by molar-refractivity contribution is 0.0754. The molecule has 0 aliphatic carbocycles. The van der Waals surface area contributed by atoms with E-state index in [-0.39, 0.29) is 5.91 Å². The fraction of sp³-hybridized carbons (Fsp3) is 0.571. The van der Waals surface area contributed by atoms with Crippen LogP contribution in [0, 0.1) is 5.92 Å². The Bertz CT molecular complexity index is 419. The fourth-order valence-electron chi connectivity index (χ4n) is 2.51. The van der Waals surface area contributed by atoms with E-state index in [1.165, 1.54) is 12.8 Å². The average Bonchev–Trinajstić information content (AvgIpc) is 2.63. The van der Waals surface area contributed by atoms with Crippen LogP contribution >= 0.6 is 0 Å². The normalized spacial score (nSPS) is 20.5. The van der Waals surface area contributed by atoms with E-state index in [9.17, 15) is 4.79 Å². The van der Waals surface area contributed by atoms with E-state index in [2.05, 4.69) is 11.9 Å². The maximum Gasteiger partial charge on any atom is 0.272 e. The molecule has 1 atom stereocenters. The highest BCUT2D eigenvalue weighted by atomic mass is 16.2. The highest BCUT2D eigenvalue weighted by Gasteiger charge is 2.21. The third-order valence-corrected chi connectivity index (χ3v) is 3.70. The molecule has 2 rings (SSSR count). The van der Waals surface area contributed by atoms with Gasteiger partial charge in [-0.05, 0) is 37.3 Å². The quantitative estimate of drug-likeness (QED) is 0.872. The van der Waals surface area contributed by atoms with Gasteiger partial charge in [-0.1, -0.05) is 19.4 Å². The summed E-state index contributed by atoms with van der Waals surface area (Å²) in [5.41, 5.74) is 6.08. The number of nitrogens with zero attached hydrogens (tertiary/aromatic N) is 2. The van der Waals surface area contributed by atoms with E-state index < -0.39 is 0 Å². The molecule has 0 bridgehead atoms. The minimum atomic E-state index is 0.0130. The molecule has 2 N–H and O–H groups in total. The summed E-state index contributed by atoms with van der Waals surface area (Å²) in [5, 5.41) is 0. The first kappa shape index (κ1) is 12.9. The molecule has 1 aromatic heterocycles. The van der Waals surface area contributed by atoms with Crippen LogP contribution in [0.15, 0.2) is 18.2 Å². The number of aromatic nitrogens is 1. The van der Waals surface area contributed by atoms with Crippen molar-refractivity contribution in [3.05, 3.63) is 23.9 Å². The molecule has 1 unspecified atom stereocenters. The van der Waals surface area contributed by atoms with E-state index in [0.29, 0.717) is 11.5 Å². The Hall–Kier alpha value is -1.58. The van der Waals surface area contributed by atoms with Gasteiger partial charge < -0.3 is 10.6 Å². The third-order valence-electron chi connectivity index (χ3n) is 3.70. The number of carbonyl (C=O) groups is 1. The predicted octanol–water partition coefficient (Wildman–Crippen LogP) is 2.32. The van der Waals surface area contributed by atoms with Crippen molar-refractivity contribution in [3.63, 3.8) is 0 Å². The van der Waals surface area contributed by atoms with Gasteiger partial charge in [-0.25, -0.2) is 4.98 Å². The summed E-state index contributed by atoms with van der Waals surface area (Å²) >= 11 is 0. The second kappa shape index (κ2) is 5.85. The van der Waals surface area contributed by atoms with Crippen molar-refractivity contribution in [2.75, 3.05) is 18.8 Å². The zero-order chi connectivity index (χ0) is 13.0. The Kier molecular flexibility index (Phi) is 4.18. The van der Waals surface area contributed by atoms with Crippen LogP contribution in [-0.4, -0.2) is 28.9 Å². The molecule has 0 spiro atoms. The molecule has 1 fully saturated rings. The summed E-state index contributed by atoms with van der Waals surface area (Å²) in [6.45, 7) is 3.90. The number of nitrogens with two attached hydrogens (primary N) is 1. The molecule has 0 radical (unpaired) electrons. The molecular formula is C14H21N3O.